The van der Waals surface area contributed by atoms with Crippen LogP contribution in [-0.2, 0) is 9.59 Å². The van der Waals surface area contributed by atoms with E-state index in [4.69, 9.17) is 0 Å². The number of aromatic nitrogens is 1. The average Bonchev–Trinajstić information content (AvgIpc) is 3.22. The van der Waals surface area contributed by atoms with Crippen LogP contribution in [0.3, 0.4) is 0 Å². The van der Waals surface area contributed by atoms with E-state index in [9.17, 15) is 9.59 Å². The Labute approximate surface area is 201 Å². The number of carbonyl (C=O) groups is 2. The SMILES string of the molecule is Cc1cc(C)c(-c2csc(NC(=O)CN3CCC(NC(=O)C4CCCCC4)CC3)n2)c(C)c1. The van der Waals surface area contributed by atoms with E-state index in [0.29, 0.717) is 11.7 Å². The first-order valence-corrected chi connectivity index (χ1v) is 13.1. The largest absolute Gasteiger partial charge is 0.353 e. The van der Waals surface area contributed by atoms with Crippen molar-refractivity contribution in [3.63, 3.8) is 0 Å². The predicted molar refractivity (Wildman–Crippen MR) is 135 cm³/mol. The number of hydrogen-bond acceptors (Lipinski definition) is 5. The van der Waals surface area contributed by atoms with Crippen LogP contribution in [0.5, 0.6) is 0 Å². The molecule has 1 aliphatic carbocycles. The number of rotatable bonds is 6. The molecule has 1 aliphatic heterocycles. The summed E-state index contributed by atoms with van der Waals surface area (Å²) in [6.45, 7) is 8.33. The van der Waals surface area contributed by atoms with Gasteiger partial charge in [0.15, 0.2) is 5.13 Å². The third-order valence-electron chi connectivity index (χ3n) is 6.96. The van der Waals surface area contributed by atoms with Crippen molar-refractivity contribution in [2.75, 3.05) is 25.0 Å². The van der Waals surface area contributed by atoms with Crippen molar-refractivity contribution in [3.8, 4) is 11.3 Å². The fourth-order valence-electron chi connectivity index (χ4n) is 5.31. The molecule has 1 aromatic carbocycles. The zero-order chi connectivity index (χ0) is 23.4. The van der Waals surface area contributed by atoms with Crippen LogP contribution in [-0.4, -0.2) is 47.4 Å². The fourth-order valence-corrected chi connectivity index (χ4v) is 6.03. The van der Waals surface area contributed by atoms with Gasteiger partial charge in [-0.1, -0.05) is 37.0 Å². The molecule has 0 unspecified atom stereocenters. The van der Waals surface area contributed by atoms with Gasteiger partial charge in [0.2, 0.25) is 11.8 Å². The minimum absolute atomic E-state index is 0.0297. The van der Waals surface area contributed by atoms with Crippen LogP contribution in [0.1, 0.15) is 61.6 Å². The molecule has 7 heteroatoms. The summed E-state index contributed by atoms with van der Waals surface area (Å²) in [6.07, 6.45) is 7.49. The van der Waals surface area contributed by atoms with Crippen LogP contribution in [0, 0.1) is 26.7 Å². The third-order valence-corrected chi connectivity index (χ3v) is 7.72. The summed E-state index contributed by atoms with van der Waals surface area (Å²) in [5, 5.41) is 8.89. The Morgan fingerprint density at radius 2 is 1.70 bits per heavy atom. The predicted octanol–water partition coefficient (Wildman–Crippen LogP) is 4.83. The van der Waals surface area contributed by atoms with Crippen molar-refractivity contribution in [2.24, 2.45) is 5.92 Å². The molecule has 2 aliphatic rings. The number of piperidine rings is 1. The van der Waals surface area contributed by atoms with Gasteiger partial charge in [-0.25, -0.2) is 4.98 Å². The second kappa shape index (κ2) is 10.8. The van der Waals surface area contributed by atoms with Crippen LogP contribution >= 0.6 is 11.3 Å². The highest BCUT2D eigenvalue weighted by molar-refractivity contribution is 7.14. The molecule has 2 aromatic rings. The Kier molecular flexibility index (Phi) is 7.81. The molecule has 2 amide bonds. The Hall–Kier alpha value is -2.25. The summed E-state index contributed by atoms with van der Waals surface area (Å²) < 4.78 is 0. The molecule has 0 atom stereocenters. The minimum Gasteiger partial charge on any atom is -0.353 e. The Balaban J connectivity index is 1.24. The van der Waals surface area contributed by atoms with Crippen molar-refractivity contribution < 1.29 is 9.59 Å². The number of nitrogens with zero attached hydrogens (tertiary/aromatic N) is 2. The van der Waals surface area contributed by atoms with Crippen LogP contribution in [0.4, 0.5) is 5.13 Å². The Morgan fingerprint density at radius 3 is 2.36 bits per heavy atom. The smallest absolute Gasteiger partial charge is 0.240 e. The number of hydrogen-bond donors (Lipinski definition) is 2. The molecule has 2 N–H and O–H groups in total. The van der Waals surface area contributed by atoms with Gasteiger partial charge in [0.1, 0.15) is 0 Å². The maximum absolute atomic E-state index is 12.6. The van der Waals surface area contributed by atoms with Crippen molar-refractivity contribution in [3.05, 3.63) is 34.2 Å². The number of likely N-dealkylation sites (tertiary alicyclic amines) is 1. The second-order valence-corrected chi connectivity index (χ2v) is 10.6. The molecule has 2 fully saturated rings. The van der Waals surface area contributed by atoms with Crippen LogP contribution in [0.2, 0.25) is 0 Å². The van der Waals surface area contributed by atoms with Gasteiger partial charge in [-0.3, -0.25) is 14.5 Å². The number of aryl methyl sites for hydroxylation is 3. The summed E-state index contributed by atoms with van der Waals surface area (Å²) in [4.78, 5) is 32.0. The fraction of sp³-hybridized carbons (Fsp3) is 0.577. The highest BCUT2D eigenvalue weighted by Gasteiger charge is 2.26. The number of thiazole rings is 1. The molecule has 1 aromatic heterocycles. The zero-order valence-corrected chi connectivity index (χ0v) is 20.9. The van der Waals surface area contributed by atoms with E-state index in [-0.39, 0.29) is 23.8 Å². The Morgan fingerprint density at radius 1 is 1.03 bits per heavy atom. The molecule has 1 saturated heterocycles. The van der Waals surface area contributed by atoms with E-state index in [2.05, 4.69) is 53.4 Å². The maximum Gasteiger partial charge on any atom is 0.240 e. The van der Waals surface area contributed by atoms with E-state index >= 15 is 0 Å². The van der Waals surface area contributed by atoms with Gasteiger partial charge in [-0.05, 0) is 57.6 Å². The summed E-state index contributed by atoms with van der Waals surface area (Å²) in [7, 11) is 0. The molecule has 0 spiro atoms. The minimum atomic E-state index is -0.0297. The molecular weight excluding hydrogens is 432 g/mol. The van der Waals surface area contributed by atoms with Crippen molar-refractivity contribution in [1.29, 1.82) is 0 Å². The van der Waals surface area contributed by atoms with Crippen LogP contribution < -0.4 is 10.6 Å². The first-order chi connectivity index (χ1) is 15.9. The van der Waals surface area contributed by atoms with Gasteiger partial charge in [0.05, 0.1) is 12.2 Å². The number of benzene rings is 1. The van der Waals surface area contributed by atoms with Gasteiger partial charge in [0.25, 0.3) is 0 Å². The summed E-state index contributed by atoms with van der Waals surface area (Å²) in [5.41, 5.74) is 5.72. The van der Waals surface area contributed by atoms with Gasteiger partial charge >= 0.3 is 0 Å². The first kappa shape index (κ1) is 23.9. The van der Waals surface area contributed by atoms with E-state index in [1.165, 1.54) is 47.3 Å². The van der Waals surface area contributed by atoms with Gasteiger partial charge in [-0.2, -0.15) is 0 Å². The number of amides is 2. The number of carbonyl (C=O) groups excluding carboxylic acids is 2. The second-order valence-electron chi connectivity index (χ2n) is 9.75. The van der Waals surface area contributed by atoms with Crippen molar-refractivity contribution in [2.45, 2.75) is 71.8 Å². The van der Waals surface area contributed by atoms with E-state index in [0.717, 1.165) is 50.0 Å². The molecule has 2 heterocycles. The average molecular weight is 469 g/mol. The lowest BCUT2D eigenvalue weighted by molar-refractivity contribution is -0.127. The maximum atomic E-state index is 12.6. The lowest BCUT2D eigenvalue weighted by Crippen LogP contribution is -2.48. The molecule has 1 saturated carbocycles. The summed E-state index contributed by atoms with van der Waals surface area (Å²) in [5.74, 6) is 0.417. The highest BCUT2D eigenvalue weighted by atomic mass is 32.1. The molecule has 6 nitrogen and oxygen atoms in total. The monoisotopic (exact) mass is 468 g/mol. The molecule has 33 heavy (non-hydrogen) atoms. The van der Waals surface area contributed by atoms with Gasteiger partial charge in [0, 0.05) is 36.0 Å². The molecular formula is C26H36N4O2S. The normalized spacial score (nSPS) is 18.3. The van der Waals surface area contributed by atoms with Crippen LogP contribution in [0.25, 0.3) is 11.3 Å². The van der Waals surface area contributed by atoms with E-state index in [1.54, 1.807) is 0 Å². The molecule has 178 valence electrons. The standard InChI is InChI=1S/C26H36N4O2S/c1-17-13-18(2)24(19(3)14-17)22-16-33-26(28-22)29-23(31)15-30-11-9-21(10-12-30)27-25(32)20-7-5-4-6-8-20/h13-14,16,20-21H,4-12,15H2,1-3H3,(H,27,32)(H,28,29,31). The zero-order valence-electron chi connectivity index (χ0n) is 20.1. The lowest BCUT2D eigenvalue weighted by atomic mass is 9.88. The summed E-state index contributed by atoms with van der Waals surface area (Å²) in [6, 6.07) is 4.57. The lowest BCUT2D eigenvalue weighted by Gasteiger charge is -2.33. The van der Waals surface area contributed by atoms with Gasteiger partial charge in [-0.15, -0.1) is 11.3 Å². The van der Waals surface area contributed by atoms with Crippen LogP contribution in [0.15, 0.2) is 17.5 Å². The number of nitrogens with one attached hydrogen (secondary N) is 2. The highest BCUT2D eigenvalue weighted by Crippen LogP contribution is 2.31. The first-order valence-electron chi connectivity index (χ1n) is 12.3. The molecule has 4 rings (SSSR count). The van der Waals surface area contributed by atoms with E-state index < -0.39 is 0 Å². The topological polar surface area (TPSA) is 74.3 Å². The molecule has 0 radical (unpaired) electrons. The summed E-state index contributed by atoms with van der Waals surface area (Å²) >= 11 is 1.47. The van der Waals surface area contributed by atoms with Gasteiger partial charge < -0.3 is 10.6 Å². The number of anilines is 1. The quantitative estimate of drug-likeness (QED) is 0.637. The third kappa shape index (κ3) is 6.21. The Bertz CT molecular complexity index is 965. The molecule has 0 bridgehead atoms. The van der Waals surface area contributed by atoms with Crippen molar-refractivity contribution >= 4 is 28.3 Å². The van der Waals surface area contributed by atoms with Crippen molar-refractivity contribution in [1.82, 2.24) is 15.2 Å². The van der Waals surface area contributed by atoms with E-state index in [1.807, 2.05) is 5.38 Å².